The summed E-state index contributed by atoms with van der Waals surface area (Å²) >= 11 is 0. The fraction of sp³-hybridized carbons (Fsp3) is 0.278. The molecule has 0 bridgehead atoms. The number of benzene rings is 2. The molecule has 0 aliphatic carbocycles. The second-order valence-electron chi connectivity index (χ2n) is 6.51. The Kier molecular flexibility index (Phi) is 4.50. The van der Waals surface area contributed by atoms with Gasteiger partial charge in [-0.3, -0.25) is 14.9 Å². The molecule has 1 amide bonds. The number of aryl methyl sites for hydroxylation is 1. The molecule has 5 heteroatoms. The van der Waals surface area contributed by atoms with Crippen molar-refractivity contribution in [2.24, 2.45) is 0 Å². The Morgan fingerprint density at radius 1 is 1.09 bits per heavy atom. The molecule has 0 heterocycles. The summed E-state index contributed by atoms with van der Waals surface area (Å²) < 4.78 is 0. The van der Waals surface area contributed by atoms with E-state index in [0.29, 0.717) is 11.3 Å². The molecule has 0 aliphatic rings. The van der Waals surface area contributed by atoms with Crippen LogP contribution in [0.2, 0.25) is 0 Å². The number of rotatable bonds is 3. The zero-order valence-electron chi connectivity index (χ0n) is 13.7. The number of nitro groups is 1. The molecule has 120 valence electrons. The van der Waals surface area contributed by atoms with Crippen LogP contribution in [0, 0.1) is 17.0 Å². The monoisotopic (exact) mass is 312 g/mol. The third-order valence-corrected chi connectivity index (χ3v) is 3.67. The van der Waals surface area contributed by atoms with Crippen LogP contribution in [0.5, 0.6) is 0 Å². The van der Waals surface area contributed by atoms with Gasteiger partial charge in [-0.1, -0.05) is 45.0 Å². The normalized spacial score (nSPS) is 11.1. The summed E-state index contributed by atoms with van der Waals surface area (Å²) in [6.07, 6.45) is 0. The minimum atomic E-state index is -0.521. The van der Waals surface area contributed by atoms with E-state index in [1.807, 2.05) is 12.1 Å². The van der Waals surface area contributed by atoms with Crippen LogP contribution in [0.1, 0.15) is 42.3 Å². The van der Waals surface area contributed by atoms with Crippen LogP contribution < -0.4 is 5.32 Å². The minimum absolute atomic E-state index is 0.0257. The summed E-state index contributed by atoms with van der Waals surface area (Å²) in [7, 11) is 0. The van der Waals surface area contributed by atoms with Gasteiger partial charge in [0.15, 0.2) is 0 Å². The molecule has 1 N–H and O–H groups in total. The average Bonchev–Trinajstić information content (AvgIpc) is 2.46. The molecule has 0 aromatic heterocycles. The molecule has 0 fully saturated rings. The van der Waals surface area contributed by atoms with Crippen LogP contribution in [0.25, 0.3) is 0 Å². The summed E-state index contributed by atoms with van der Waals surface area (Å²) in [5, 5.41) is 13.9. The van der Waals surface area contributed by atoms with Gasteiger partial charge in [-0.25, -0.2) is 0 Å². The van der Waals surface area contributed by atoms with E-state index in [-0.39, 0.29) is 16.7 Å². The lowest BCUT2D eigenvalue weighted by Crippen LogP contribution is -2.15. The second-order valence-corrected chi connectivity index (χ2v) is 6.51. The Morgan fingerprint density at radius 2 is 1.70 bits per heavy atom. The first-order valence-electron chi connectivity index (χ1n) is 7.36. The van der Waals surface area contributed by atoms with E-state index in [1.165, 1.54) is 6.07 Å². The van der Waals surface area contributed by atoms with E-state index < -0.39 is 10.8 Å². The Balaban J connectivity index is 2.27. The maximum absolute atomic E-state index is 12.4. The van der Waals surface area contributed by atoms with Crippen molar-refractivity contribution in [1.82, 2.24) is 0 Å². The lowest BCUT2D eigenvalue weighted by atomic mass is 9.87. The van der Waals surface area contributed by atoms with E-state index >= 15 is 0 Å². The van der Waals surface area contributed by atoms with Gasteiger partial charge in [0, 0.05) is 11.3 Å². The minimum Gasteiger partial charge on any atom is -0.322 e. The van der Waals surface area contributed by atoms with Crippen LogP contribution in [0.15, 0.2) is 42.5 Å². The van der Waals surface area contributed by atoms with Crippen molar-refractivity contribution in [2.75, 3.05) is 5.32 Å². The molecule has 0 aliphatic heterocycles. The average molecular weight is 312 g/mol. The van der Waals surface area contributed by atoms with E-state index in [9.17, 15) is 14.9 Å². The third kappa shape index (κ3) is 3.74. The molecular formula is C18H20N2O3. The summed E-state index contributed by atoms with van der Waals surface area (Å²) in [4.78, 5) is 23.0. The number of nitro benzene ring substituents is 1. The summed E-state index contributed by atoms with van der Waals surface area (Å²) in [6, 6.07) is 12.2. The fourth-order valence-corrected chi connectivity index (χ4v) is 2.34. The second kappa shape index (κ2) is 6.20. The van der Waals surface area contributed by atoms with Gasteiger partial charge in [-0.15, -0.1) is 0 Å². The van der Waals surface area contributed by atoms with Crippen LogP contribution in [-0.4, -0.2) is 10.8 Å². The highest BCUT2D eigenvalue weighted by Gasteiger charge is 2.22. The number of carbonyl (C=O) groups excluding carboxylic acids is 1. The number of carbonyl (C=O) groups is 1. The zero-order valence-corrected chi connectivity index (χ0v) is 13.7. The van der Waals surface area contributed by atoms with Crippen molar-refractivity contribution in [3.63, 3.8) is 0 Å². The molecule has 0 saturated heterocycles. The topological polar surface area (TPSA) is 72.2 Å². The predicted molar refractivity (Wildman–Crippen MR) is 90.9 cm³/mol. The molecule has 0 spiro atoms. The Bertz CT molecular complexity index is 744. The van der Waals surface area contributed by atoms with Crippen LogP contribution in [0.3, 0.4) is 0 Å². The molecule has 2 rings (SSSR count). The Hall–Kier alpha value is -2.69. The smallest absolute Gasteiger partial charge is 0.285 e. The molecule has 23 heavy (non-hydrogen) atoms. The molecule has 0 atom stereocenters. The van der Waals surface area contributed by atoms with E-state index in [0.717, 1.165) is 5.56 Å². The molecule has 2 aromatic carbocycles. The van der Waals surface area contributed by atoms with Crippen LogP contribution in [0.4, 0.5) is 11.4 Å². The van der Waals surface area contributed by atoms with Crippen LogP contribution in [-0.2, 0) is 5.41 Å². The van der Waals surface area contributed by atoms with Gasteiger partial charge in [0.05, 0.1) is 4.92 Å². The molecule has 5 nitrogen and oxygen atoms in total. The van der Waals surface area contributed by atoms with Crippen molar-refractivity contribution < 1.29 is 9.72 Å². The number of nitrogens with zero attached hydrogens (tertiary/aromatic N) is 1. The molecular weight excluding hydrogens is 292 g/mol. The first-order valence-corrected chi connectivity index (χ1v) is 7.36. The third-order valence-electron chi connectivity index (χ3n) is 3.67. The van der Waals surface area contributed by atoms with Gasteiger partial charge in [-0.2, -0.15) is 0 Å². The van der Waals surface area contributed by atoms with Crippen molar-refractivity contribution in [1.29, 1.82) is 0 Å². The van der Waals surface area contributed by atoms with E-state index in [4.69, 9.17) is 0 Å². The van der Waals surface area contributed by atoms with Gasteiger partial charge in [-0.05, 0) is 36.1 Å². The Morgan fingerprint density at radius 3 is 2.22 bits per heavy atom. The van der Waals surface area contributed by atoms with Crippen molar-refractivity contribution in [3.8, 4) is 0 Å². The lowest BCUT2D eigenvalue weighted by Gasteiger charge is -2.19. The maximum atomic E-state index is 12.4. The van der Waals surface area contributed by atoms with Crippen molar-refractivity contribution >= 4 is 17.3 Å². The SMILES string of the molecule is Cc1cccc(C(=O)Nc2ccc(C(C)(C)C)cc2)c1[N+](=O)[O-]. The van der Waals surface area contributed by atoms with Crippen molar-refractivity contribution in [2.45, 2.75) is 33.1 Å². The lowest BCUT2D eigenvalue weighted by molar-refractivity contribution is -0.385. The summed E-state index contributed by atoms with van der Waals surface area (Å²) in [5.41, 5.74) is 2.16. The highest BCUT2D eigenvalue weighted by atomic mass is 16.6. The van der Waals surface area contributed by atoms with Gasteiger partial charge in [0.2, 0.25) is 0 Å². The summed E-state index contributed by atoms with van der Waals surface area (Å²) in [5.74, 6) is -0.482. The number of hydrogen-bond acceptors (Lipinski definition) is 3. The molecule has 0 saturated carbocycles. The quantitative estimate of drug-likeness (QED) is 0.672. The Labute approximate surface area is 135 Å². The van der Waals surface area contributed by atoms with Gasteiger partial charge >= 0.3 is 0 Å². The van der Waals surface area contributed by atoms with E-state index in [1.54, 1.807) is 31.2 Å². The van der Waals surface area contributed by atoms with Gasteiger partial charge < -0.3 is 5.32 Å². The molecule has 0 radical (unpaired) electrons. The molecule has 0 unspecified atom stereocenters. The number of nitrogens with one attached hydrogen (secondary N) is 1. The standard InChI is InChI=1S/C18H20N2O3/c1-12-6-5-7-15(16(12)20(22)23)17(21)19-14-10-8-13(9-11-14)18(2,3)4/h5-11H,1-4H3,(H,19,21). The first-order chi connectivity index (χ1) is 10.7. The first kappa shape index (κ1) is 16.7. The van der Waals surface area contributed by atoms with Gasteiger partial charge in [0.25, 0.3) is 11.6 Å². The highest BCUT2D eigenvalue weighted by molar-refractivity contribution is 6.07. The summed E-state index contributed by atoms with van der Waals surface area (Å²) in [6.45, 7) is 7.94. The number of anilines is 1. The molecule has 2 aromatic rings. The maximum Gasteiger partial charge on any atom is 0.285 e. The largest absolute Gasteiger partial charge is 0.322 e. The van der Waals surface area contributed by atoms with Crippen molar-refractivity contribution in [3.05, 3.63) is 69.3 Å². The van der Waals surface area contributed by atoms with Crippen LogP contribution >= 0.6 is 0 Å². The number of amides is 1. The predicted octanol–water partition coefficient (Wildman–Crippen LogP) is 4.45. The number of para-hydroxylation sites is 1. The number of hydrogen-bond donors (Lipinski definition) is 1. The van der Waals surface area contributed by atoms with E-state index in [2.05, 4.69) is 26.1 Å². The fourth-order valence-electron chi connectivity index (χ4n) is 2.34. The van der Waals surface area contributed by atoms with Gasteiger partial charge in [0.1, 0.15) is 5.56 Å². The highest BCUT2D eigenvalue weighted by Crippen LogP contribution is 2.26. The zero-order chi connectivity index (χ0) is 17.2.